The van der Waals surface area contributed by atoms with Gasteiger partial charge >= 0.3 is 148 Å². The number of phenols is 1. The Balaban J connectivity index is 0.00000744. The maximum atomic E-state index is 12.5. The van der Waals surface area contributed by atoms with Crippen molar-refractivity contribution in [2.45, 2.75) is 24.5 Å². The molecule has 4 aromatic carbocycles. The number of nitrogens with one attached hydrogen (secondary N) is 1. The van der Waals surface area contributed by atoms with Crippen molar-refractivity contribution in [3.63, 3.8) is 0 Å². The van der Waals surface area contributed by atoms with Gasteiger partial charge in [-0.25, -0.2) is 25.3 Å². The van der Waals surface area contributed by atoms with Gasteiger partial charge in [0.25, 0.3) is 20.2 Å². The van der Waals surface area contributed by atoms with E-state index in [4.69, 9.17) is 23.1 Å². The Morgan fingerprint density at radius 1 is 0.613 bits per heavy atom. The van der Waals surface area contributed by atoms with Crippen molar-refractivity contribution in [2.75, 3.05) is 16.8 Å². The van der Waals surface area contributed by atoms with Crippen LogP contribution in [0.2, 0.25) is 5.28 Å². The third-order valence-corrected chi connectivity index (χ3v) is 11.5. The van der Waals surface area contributed by atoms with Crippen LogP contribution in [0.4, 0.5) is 46.0 Å². The number of benzene rings is 4. The normalized spacial score (nSPS) is 12.1. The molecule has 0 saturated heterocycles. The molecule has 0 radical (unpaired) electrons. The third kappa shape index (κ3) is 14.7. The van der Waals surface area contributed by atoms with Crippen molar-refractivity contribution in [3.8, 4) is 5.75 Å². The molecule has 0 saturated carbocycles. The van der Waals surface area contributed by atoms with Gasteiger partial charge in [0.1, 0.15) is 62.9 Å². The number of hydrogen-bond acceptors (Lipinski definition) is 24. The van der Waals surface area contributed by atoms with E-state index >= 15 is 0 Å². The monoisotopic (exact) mass is 1020 g/mol. The van der Waals surface area contributed by atoms with Gasteiger partial charge < -0.3 is 35.5 Å². The second-order valence-electron chi connectivity index (χ2n) is 10.7. The number of nitrogen functional groups attached to an aromatic ring is 2. The van der Waals surface area contributed by atoms with E-state index in [9.17, 15) is 70.0 Å². The minimum atomic E-state index is -5.51. The van der Waals surface area contributed by atoms with Crippen LogP contribution in [-0.2, 0) is 50.6 Å². The molecule has 306 valence electrons. The summed E-state index contributed by atoms with van der Waals surface area (Å²) in [6.45, 7) is 0. The number of rotatable bonds is 11. The number of anilines is 4. The third-order valence-electron chi connectivity index (χ3n) is 6.98. The van der Waals surface area contributed by atoms with E-state index in [0.717, 1.165) is 12.1 Å². The van der Waals surface area contributed by atoms with Crippen molar-refractivity contribution in [2.24, 2.45) is 20.5 Å². The van der Waals surface area contributed by atoms with Crippen LogP contribution >= 0.6 is 11.6 Å². The number of azo groups is 2. The van der Waals surface area contributed by atoms with E-state index in [1.54, 1.807) is 0 Å². The van der Waals surface area contributed by atoms with Crippen LogP contribution in [0.1, 0.15) is 0 Å². The van der Waals surface area contributed by atoms with E-state index in [1.807, 2.05) is 0 Å². The van der Waals surface area contributed by atoms with Gasteiger partial charge in [-0.15, -0.1) is 20.5 Å². The Bertz CT molecular complexity index is 3190. The first-order valence-corrected chi connectivity index (χ1v) is 21.5. The number of nitrogens with two attached hydrogens (primary N) is 2. The molecule has 0 aliphatic heterocycles. The summed E-state index contributed by atoms with van der Waals surface area (Å²) in [5.74, 6) is -2.04. The fraction of sp³-hybridized carbons (Fsp3) is 0. The second kappa shape index (κ2) is 22.9. The average molecular weight is 1030 g/mol. The van der Waals surface area contributed by atoms with E-state index in [-0.39, 0.29) is 177 Å². The molecule has 0 spiro atoms. The summed E-state index contributed by atoms with van der Waals surface area (Å²) in [6.07, 6.45) is 0. The first-order valence-electron chi connectivity index (χ1n) is 14.1. The fourth-order valence-corrected chi connectivity index (χ4v) is 7.86. The molecule has 1 aromatic heterocycles. The summed E-state index contributed by atoms with van der Waals surface area (Å²) < 4.78 is 176. The first kappa shape index (κ1) is 61.4. The SMILES string of the molecule is Nc1nc(Cl)nc(Nc2ccc(S(=O)(=O)[O-])c(N=Nc3c(S(=O)(=O)O)cc4cc(S(=O)(=O)O)c(N=Nc5cc(S(=O)(=O)[O-])ccc5S(=O)(=O)[O-])c(N)c4c3O)c2)n1.[Na+].[Na+].[Na+].[NaH].[NaH]. The molecule has 5 aromatic rings. The van der Waals surface area contributed by atoms with Gasteiger partial charge in [-0.1, -0.05) is 0 Å². The summed E-state index contributed by atoms with van der Waals surface area (Å²) in [6, 6.07) is 4.48. The van der Waals surface area contributed by atoms with Crippen LogP contribution in [0.25, 0.3) is 10.8 Å². The Morgan fingerprint density at radius 3 is 1.55 bits per heavy atom. The number of aromatic nitrogens is 3. The molecule has 0 aliphatic carbocycles. The maximum absolute atomic E-state index is 12.5. The zero-order valence-corrected chi connectivity index (χ0v) is 40.8. The second-order valence-corrected chi connectivity index (χ2v) is 17.9. The molecule has 62 heavy (non-hydrogen) atoms. The molecular weight excluding hydrogens is 1010 g/mol. The van der Waals surface area contributed by atoms with Crippen molar-refractivity contribution in [1.29, 1.82) is 0 Å². The van der Waals surface area contributed by atoms with Crippen molar-refractivity contribution in [1.82, 2.24) is 15.0 Å². The standard InChI is InChI=1S/C25H19ClN10O16S5.5Na.2H/c26-23-30-24(28)32-25(31-23)29-10-1-3-14(54(41,42)43)12(7-10)33-36-21-17(57(50,51)52)6-9-5-16(56(47,48)49)20(19(27)18(9)22(21)37)35-34-13-8-11(53(38,39)40)2-4-15(13)55(44,45)46;;;;;;;/h1-8,37H,27H2,(H,38,39,40)(H,41,42,43)(H,44,45,46)(H,47,48,49)(H,50,51,52)(H3,28,29,30,31,32);;;;;;;/q;;;3*+1;;/p-3. The predicted molar refractivity (Wildman–Crippen MR) is 202 cm³/mol. The van der Waals surface area contributed by atoms with E-state index in [1.165, 1.54) is 0 Å². The molecule has 1 heterocycles. The Kier molecular flexibility index (Phi) is 22.7. The van der Waals surface area contributed by atoms with Crippen LogP contribution in [0.5, 0.6) is 5.75 Å². The molecular formula is C25H18ClN10Na5O16S5. The topological polar surface area (TPSA) is 453 Å². The van der Waals surface area contributed by atoms with Crippen LogP contribution in [0.15, 0.2) is 93.5 Å². The zero-order valence-electron chi connectivity index (χ0n) is 30.0. The summed E-state index contributed by atoms with van der Waals surface area (Å²) in [5.41, 5.74) is 5.96. The Labute approximate surface area is 465 Å². The molecule has 37 heteroatoms. The van der Waals surface area contributed by atoms with Gasteiger partial charge in [-0.2, -0.15) is 31.8 Å². The van der Waals surface area contributed by atoms with Crippen LogP contribution in [-0.4, -0.2) is 144 Å². The summed E-state index contributed by atoms with van der Waals surface area (Å²) in [5, 5.41) is 25.7. The van der Waals surface area contributed by atoms with Crippen molar-refractivity contribution in [3.05, 3.63) is 53.8 Å². The van der Waals surface area contributed by atoms with Gasteiger partial charge in [0.2, 0.25) is 17.2 Å². The van der Waals surface area contributed by atoms with Gasteiger partial charge in [0.15, 0.2) is 5.75 Å². The number of phenolic OH excluding ortho intramolecular Hbond substituents is 1. The number of fused-ring (bicyclic) bond motifs is 1. The molecule has 0 amide bonds. The van der Waals surface area contributed by atoms with Crippen LogP contribution in [0, 0.1) is 0 Å². The van der Waals surface area contributed by atoms with E-state index in [2.05, 4.69) is 40.7 Å². The van der Waals surface area contributed by atoms with Crippen LogP contribution in [0.3, 0.4) is 0 Å². The molecule has 26 nitrogen and oxygen atoms in total. The number of nitrogens with zero attached hydrogens (tertiary/aromatic N) is 7. The molecule has 5 rings (SSSR count). The van der Waals surface area contributed by atoms with E-state index < -0.39 is 120 Å². The van der Waals surface area contributed by atoms with Gasteiger partial charge in [0, 0.05) is 5.69 Å². The molecule has 0 aliphatic rings. The number of hydrogen-bond donors (Lipinski definition) is 6. The van der Waals surface area contributed by atoms with Crippen LogP contribution < -0.4 is 105 Å². The fourth-order valence-electron chi connectivity index (χ4n) is 4.69. The van der Waals surface area contributed by atoms with Gasteiger partial charge in [0.05, 0.1) is 25.8 Å². The number of halogens is 1. The first-order chi connectivity index (χ1) is 26.1. The van der Waals surface area contributed by atoms with Gasteiger partial charge in [-0.3, -0.25) is 9.11 Å². The summed E-state index contributed by atoms with van der Waals surface area (Å²) >= 11 is 5.74. The minimum absolute atomic E-state index is 0. The Morgan fingerprint density at radius 2 is 1.08 bits per heavy atom. The molecule has 0 fully saturated rings. The summed E-state index contributed by atoms with van der Waals surface area (Å²) in [4.78, 5) is 4.82. The zero-order chi connectivity index (χ0) is 42.6. The molecule has 8 N–H and O–H groups in total. The Hall–Kier alpha value is -0.610. The van der Waals surface area contributed by atoms with Crippen molar-refractivity contribution < 1.29 is 159 Å². The molecule has 0 atom stereocenters. The predicted octanol–water partition coefficient (Wildman–Crippen LogP) is -7.96. The molecule has 0 bridgehead atoms. The molecule has 0 unspecified atom stereocenters. The number of aromatic hydroxyl groups is 1. The van der Waals surface area contributed by atoms with Gasteiger partial charge in [-0.05, 0) is 65.5 Å². The van der Waals surface area contributed by atoms with E-state index in [0.29, 0.717) is 30.3 Å². The van der Waals surface area contributed by atoms with Crippen molar-refractivity contribution >= 4 is 178 Å². The quantitative estimate of drug-likeness (QED) is 0.0310. The summed E-state index contributed by atoms with van der Waals surface area (Å²) in [7, 11) is -27.2. The average Bonchev–Trinajstić information content (AvgIpc) is 3.04.